The molecule has 9 nitrogen and oxygen atoms in total. The van der Waals surface area contributed by atoms with Crippen LogP contribution in [0.5, 0.6) is 0 Å². The summed E-state index contributed by atoms with van der Waals surface area (Å²) in [6.07, 6.45) is 2.45. The van der Waals surface area contributed by atoms with Crippen molar-refractivity contribution in [2.24, 2.45) is 0 Å². The van der Waals surface area contributed by atoms with E-state index >= 15 is 0 Å². The van der Waals surface area contributed by atoms with Gasteiger partial charge in [0.1, 0.15) is 5.69 Å². The molecule has 0 bridgehead atoms. The van der Waals surface area contributed by atoms with E-state index < -0.39 is 6.17 Å². The molecule has 2 aliphatic rings. The van der Waals surface area contributed by atoms with Crippen LogP contribution in [0.1, 0.15) is 30.9 Å². The second kappa shape index (κ2) is 9.93. The molecule has 0 saturated carbocycles. The van der Waals surface area contributed by atoms with Gasteiger partial charge < -0.3 is 26.0 Å². The fourth-order valence-corrected chi connectivity index (χ4v) is 3.87. The predicted molar refractivity (Wildman–Crippen MR) is 122 cm³/mol. The van der Waals surface area contributed by atoms with Crippen molar-refractivity contribution in [2.45, 2.75) is 39.0 Å². The number of rotatable bonds is 9. The van der Waals surface area contributed by atoms with Gasteiger partial charge in [0, 0.05) is 32.7 Å². The zero-order valence-corrected chi connectivity index (χ0v) is 18.0. The van der Waals surface area contributed by atoms with Gasteiger partial charge in [0.15, 0.2) is 24.1 Å². The van der Waals surface area contributed by atoms with Gasteiger partial charge in [-0.1, -0.05) is 37.6 Å². The van der Waals surface area contributed by atoms with Crippen LogP contribution in [0.4, 0.5) is 23.3 Å². The van der Waals surface area contributed by atoms with Crippen LogP contribution in [-0.4, -0.2) is 60.2 Å². The number of nitrogens with zero attached hydrogens (tertiary/aromatic N) is 4. The maximum Gasteiger partial charge on any atom is 0.226 e. The third kappa shape index (κ3) is 5.05. The first-order chi connectivity index (χ1) is 15.2. The highest BCUT2D eigenvalue weighted by atomic mass is 16.5. The lowest BCUT2D eigenvalue weighted by Gasteiger charge is -2.26. The highest BCUT2D eigenvalue weighted by Crippen LogP contribution is 2.37. The number of morpholine rings is 1. The number of ether oxygens (including phenoxy) is 1. The first-order valence-electron chi connectivity index (χ1n) is 11.0. The standard InChI is InChI=1S/C22H31N7O2/c1-2-3-8-24-22-26-20(23)19-21(27-22)29(18(15-30)25-19)14-17-6-4-16(5-7-17)13-28-9-11-31-12-10-28/h4-7,15,18,25H,2-3,8-14H2,1H3,(H3,23,24,26,27). The van der Waals surface area contributed by atoms with Gasteiger partial charge in [-0.2, -0.15) is 9.97 Å². The summed E-state index contributed by atoms with van der Waals surface area (Å²) in [5.41, 5.74) is 9.13. The summed E-state index contributed by atoms with van der Waals surface area (Å²) in [7, 11) is 0. The van der Waals surface area contributed by atoms with E-state index in [0.717, 1.165) is 64.1 Å². The highest BCUT2D eigenvalue weighted by Gasteiger charge is 2.32. The normalized spacial score (nSPS) is 18.5. The fraction of sp³-hybridized carbons (Fsp3) is 0.500. The number of unbranched alkanes of at least 4 members (excludes halogenated alkanes) is 1. The Labute approximate surface area is 183 Å². The van der Waals surface area contributed by atoms with Crippen LogP contribution >= 0.6 is 0 Å². The lowest BCUT2D eigenvalue weighted by Crippen LogP contribution is -2.36. The summed E-state index contributed by atoms with van der Waals surface area (Å²) in [5.74, 6) is 1.49. The van der Waals surface area contributed by atoms with Crippen LogP contribution < -0.4 is 21.3 Å². The van der Waals surface area contributed by atoms with E-state index in [2.05, 4.69) is 56.7 Å². The SMILES string of the molecule is CCCCNc1nc(N)c2c(n1)N(Cc1ccc(CN3CCOCC3)cc1)C(C=O)N2. The molecule has 0 amide bonds. The lowest BCUT2D eigenvalue weighted by atomic mass is 10.1. The van der Waals surface area contributed by atoms with Gasteiger partial charge in [-0.05, 0) is 17.5 Å². The first-order valence-corrected chi connectivity index (χ1v) is 11.0. The van der Waals surface area contributed by atoms with E-state index in [0.29, 0.717) is 29.8 Å². The van der Waals surface area contributed by atoms with Crippen LogP contribution in [0.25, 0.3) is 0 Å². The van der Waals surface area contributed by atoms with E-state index in [-0.39, 0.29) is 0 Å². The average molecular weight is 426 g/mol. The molecule has 3 heterocycles. The fourth-order valence-electron chi connectivity index (χ4n) is 3.87. The summed E-state index contributed by atoms with van der Waals surface area (Å²) in [4.78, 5) is 25.0. The Morgan fingerprint density at radius 1 is 1.19 bits per heavy atom. The number of nitrogen functional groups attached to an aromatic ring is 1. The number of aldehydes is 1. The molecule has 1 saturated heterocycles. The van der Waals surface area contributed by atoms with Gasteiger partial charge in [0.05, 0.1) is 13.2 Å². The Kier molecular flexibility index (Phi) is 6.83. The number of fused-ring (bicyclic) bond motifs is 1. The Hall–Kier alpha value is -2.91. The summed E-state index contributed by atoms with van der Waals surface area (Å²) in [5, 5.41) is 6.37. The smallest absolute Gasteiger partial charge is 0.226 e. The van der Waals surface area contributed by atoms with Crippen molar-refractivity contribution >= 4 is 29.6 Å². The third-order valence-corrected chi connectivity index (χ3v) is 5.65. The zero-order valence-electron chi connectivity index (χ0n) is 18.0. The van der Waals surface area contributed by atoms with E-state index in [4.69, 9.17) is 10.5 Å². The van der Waals surface area contributed by atoms with Gasteiger partial charge in [-0.25, -0.2) is 0 Å². The number of benzene rings is 1. The molecule has 166 valence electrons. The van der Waals surface area contributed by atoms with Crippen molar-refractivity contribution in [1.29, 1.82) is 0 Å². The number of hydrogen-bond acceptors (Lipinski definition) is 9. The minimum atomic E-state index is -0.523. The van der Waals surface area contributed by atoms with Crippen molar-refractivity contribution < 1.29 is 9.53 Å². The number of anilines is 4. The van der Waals surface area contributed by atoms with Crippen molar-refractivity contribution in [2.75, 3.05) is 54.1 Å². The second-order valence-electron chi connectivity index (χ2n) is 7.97. The molecular weight excluding hydrogens is 394 g/mol. The molecule has 4 rings (SSSR count). The summed E-state index contributed by atoms with van der Waals surface area (Å²) >= 11 is 0. The van der Waals surface area contributed by atoms with E-state index in [1.165, 1.54) is 5.56 Å². The molecule has 9 heteroatoms. The zero-order chi connectivity index (χ0) is 21.6. The molecular formula is C22H31N7O2. The monoisotopic (exact) mass is 425 g/mol. The van der Waals surface area contributed by atoms with Crippen LogP contribution in [0.3, 0.4) is 0 Å². The van der Waals surface area contributed by atoms with Gasteiger partial charge in [0.2, 0.25) is 5.95 Å². The van der Waals surface area contributed by atoms with Gasteiger partial charge in [-0.15, -0.1) is 0 Å². The molecule has 1 fully saturated rings. The van der Waals surface area contributed by atoms with E-state index in [1.54, 1.807) is 0 Å². The van der Waals surface area contributed by atoms with Crippen molar-refractivity contribution in [3.63, 3.8) is 0 Å². The Morgan fingerprint density at radius 2 is 1.90 bits per heavy atom. The number of carbonyl (C=O) groups excluding carboxylic acids is 1. The molecule has 1 aromatic carbocycles. The van der Waals surface area contributed by atoms with Gasteiger partial charge in [0.25, 0.3) is 0 Å². The maximum absolute atomic E-state index is 11.7. The molecule has 1 atom stereocenters. The van der Waals surface area contributed by atoms with Crippen LogP contribution in [-0.2, 0) is 22.6 Å². The van der Waals surface area contributed by atoms with Gasteiger partial charge >= 0.3 is 0 Å². The third-order valence-electron chi connectivity index (χ3n) is 5.65. The first kappa shape index (κ1) is 21.3. The molecule has 0 aliphatic carbocycles. The second-order valence-corrected chi connectivity index (χ2v) is 7.97. The Bertz CT molecular complexity index is 884. The number of nitrogens with one attached hydrogen (secondary N) is 2. The summed E-state index contributed by atoms with van der Waals surface area (Å²) < 4.78 is 5.42. The largest absolute Gasteiger partial charge is 0.382 e. The molecule has 0 spiro atoms. The Morgan fingerprint density at radius 3 is 2.58 bits per heavy atom. The number of nitrogens with two attached hydrogens (primary N) is 1. The molecule has 0 radical (unpaired) electrons. The predicted octanol–water partition coefficient (Wildman–Crippen LogP) is 2.06. The number of carbonyl (C=O) groups is 1. The minimum absolute atomic E-state index is 0.346. The quantitative estimate of drug-likeness (QED) is 0.411. The lowest BCUT2D eigenvalue weighted by molar-refractivity contribution is -0.108. The van der Waals surface area contributed by atoms with Crippen molar-refractivity contribution in [3.05, 3.63) is 35.4 Å². The molecule has 1 aromatic heterocycles. The number of aromatic nitrogens is 2. The van der Waals surface area contributed by atoms with Crippen LogP contribution in [0.15, 0.2) is 24.3 Å². The highest BCUT2D eigenvalue weighted by molar-refractivity contribution is 5.88. The molecule has 2 aliphatic heterocycles. The van der Waals surface area contributed by atoms with E-state index in [9.17, 15) is 4.79 Å². The average Bonchev–Trinajstić information content (AvgIpc) is 3.14. The topological polar surface area (TPSA) is 109 Å². The summed E-state index contributed by atoms with van der Waals surface area (Å²) in [6, 6.07) is 8.52. The maximum atomic E-state index is 11.7. The van der Waals surface area contributed by atoms with E-state index in [1.807, 2.05) is 4.90 Å². The number of hydrogen-bond donors (Lipinski definition) is 3. The van der Waals surface area contributed by atoms with Crippen LogP contribution in [0.2, 0.25) is 0 Å². The summed E-state index contributed by atoms with van der Waals surface area (Å²) in [6.45, 7) is 7.91. The molecule has 1 unspecified atom stereocenters. The van der Waals surface area contributed by atoms with Crippen LogP contribution in [0, 0.1) is 0 Å². The Balaban J connectivity index is 1.48. The van der Waals surface area contributed by atoms with Crippen molar-refractivity contribution in [3.8, 4) is 0 Å². The molecule has 31 heavy (non-hydrogen) atoms. The molecule has 4 N–H and O–H groups in total. The van der Waals surface area contributed by atoms with Crippen molar-refractivity contribution in [1.82, 2.24) is 14.9 Å². The molecule has 2 aromatic rings. The minimum Gasteiger partial charge on any atom is -0.382 e. The van der Waals surface area contributed by atoms with Gasteiger partial charge in [-0.3, -0.25) is 9.69 Å².